The van der Waals surface area contributed by atoms with Crippen LogP contribution in [0.2, 0.25) is 0 Å². The summed E-state index contributed by atoms with van der Waals surface area (Å²) in [6, 6.07) is 12.8. The van der Waals surface area contributed by atoms with Crippen LogP contribution in [-0.2, 0) is 24.4 Å². The molecule has 1 aliphatic rings. The molecule has 1 aromatic carbocycles. The SMILES string of the molecule is CN=C(NCc1cccs1)NCc1ccccc1CN1CCOCC1.I. The van der Waals surface area contributed by atoms with Crippen LogP contribution in [0.5, 0.6) is 0 Å². The number of aliphatic imine (C=N–C) groups is 1. The van der Waals surface area contributed by atoms with E-state index in [9.17, 15) is 0 Å². The molecule has 1 aromatic heterocycles. The summed E-state index contributed by atoms with van der Waals surface area (Å²) >= 11 is 1.75. The normalized spacial score (nSPS) is 15.3. The minimum atomic E-state index is 0. The van der Waals surface area contributed by atoms with Gasteiger partial charge in [0.2, 0.25) is 0 Å². The molecule has 2 heterocycles. The Hall–Kier alpha value is -1.16. The van der Waals surface area contributed by atoms with Crippen molar-refractivity contribution in [1.29, 1.82) is 0 Å². The number of rotatable bonds is 6. The third-order valence-corrected chi connectivity index (χ3v) is 5.17. The number of nitrogens with one attached hydrogen (secondary N) is 2. The summed E-state index contributed by atoms with van der Waals surface area (Å²) in [5.74, 6) is 0.828. The van der Waals surface area contributed by atoms with Crippen LogP contribution in [0.15, 0.2) is 46.8 Å². The Labute approximate surface area is 176 Å². The molecule has 2 aromatic rings. The van der Waals surface area contributed by atoms with Gasteiger partial charge in [-0.25, -0.2) is 0 Å². The van der Waals surface area contributed by atoms with Crippen molar-refractivity contribution in [1.82, 2.24) is 15.5 Å². The van der Waals surface area contributed by atoms with Gasteiger partial charge in [0.15, 0.2) is 5.96 Å². The molecule has 0 bridgehead atoms. The summed E-state index contributed by atoms with van der Waals surface area (Å²) in [4.78, 5) is 8.07. The van der Waals surface area contributed by atoms with Crippen LogP contribution < -0.4 is 10.6 Å². The molecule has 1 saturated heterocycles. The number of morpholine rings is 1. The van der Waals surface area contributed by atoms with Gasteiger partial charge in [-0.15, -0.1) is 35.3 Å². The van der Waals surface area contributed by atoms with E-state index in [1.807, 2.05) is 7.05 Å². The maximum absolute atomic E-state index is 5.44. The van der Waals surface area contributed by atoms with E-state index in [2.05, 4.69) is 62.3 Å². The average Bonchev–Trinajstić information content (AvgIpc) is 3.17. The Morgan fingerprint density at radius 2 is 1.81 bits per heavy atom. The number of thiophene rings is 1. The summed E-state index contributed by atoms with van der Waals surface area (Å²) in [6.07, 6.45) is 0. The number of nitrogens with zero attached hydrogens (tertiary/aromatic N) is 2. The highest BCUT2D eigenvalue weighted by atomic mass is 127. The molecule has 1 aliphatic heterocycles. The smallest absolute Gasteiger partial charge is 0.191 e. The van der Waals surface area contributed by atoms with E-state index in [0.717, 1.165) is 51.9 Å². The minimum Gasteiger partial charge on any atom is -0.379 e. The van der Waals surface area contributed by atoms with Crippen LogP contribution in [0.3, 0.4) is 0 Å². The highest BCUT2D eigenvalue weighted by molar-refractivity contribution is 14.0. The van der Waals surface area contributed by atoms with Crippen molar-refractivity contribution in [3.8, 4) is 0 Å². The lowest BCUT2D eigenvalue weighted by atomic mass is 10.1. The molecule has 1 fully saturated rings. The quantitative estimate of drug-likeness (QED) is 0.375. The fourth-order valence-corrected chi connectivity index (χ4v) is 3.51. The summed E-state index contributed by atoms with van der Waals surface area (Å²) in [5.41, 5.74) is 2.68. The van der Waals surface area contributed by atoms with Gasteiger partial charge in [-0.2, -0.15) is 0 Å². The van der Waals surface area contributed by atoms with Crippen molar-refractivity contribution in [3.05, 3.63) is 57.8 Å². The molecule has 0 radical (unpaired) electrons. The van der Waals surface area contributed by atoms with Gasteiger partial charge in [0, 0.05) is 38.1 Å². The van der Waals surface area contributed by atoms with Crippen LogP contribution in [0, 0.1) is 0 Å². The number of hydrogen-bond donors (Lipinski definition) is 2. The van der Waals surface area contributed by atoms with E-state index in [-0.39, 0.29) is 24.0 Å². The van der Waals surface area contributed by atoms with E-state index < -0.39 is 0 Å². The van der Waals surface area contributed by atoms with Crippen molar-refractivity contribution < 1.29 is 4.74 Å². The molecule has 7 heteroatoms. The Morgan fingerprint density at radius 3 is 2.50 bits per heavy atom. The van der Waals surface area contributed by atoms with E-state index >= 15 is 0 Å². The fraction of sp³-hybridized carbons (Fsp3) is 0.421. The second-order valence-corrected chi connectivity index (χ2v) is 7.05. The predicted octanol–water partition coefficient (Wildman–Crippen LogP) is 3.06. The molecule has 0 aliphatic carbocycles. The topological polar surface area (TPSA) is 48.9 Å². The molecule has 0 unspecified atom stereocenters. The lowest BCUT2D eigenvalue weighted by Gasteiger charge is -2.27. The maximum Gasteiger partial charge on any atom is 0.191 e. The summed E-state index contributed by atoms with van der Waals surface area (Å²) in [6.45, 7) is 6.22. The number of halogens is 1. The van der Waals surface area contributed by atoms with Gasteiger partial charge >= 0.3 is 0 Å². The lowest BCUT2D eigenvalue weighted by Crippen LogP contribution is -2.37. The second kappa shape index (κ2) is 11.5. The van der Waals surface area contributed by atoms with Crippen molar-refractivity contribution in [2.24, 2.45) is 4.99 Å². The monoisotopic (exact) mass is 486 g/mol. The first-order valence-corrected chi connectivity index (χ1v) is 9.57. The number of ether oxygens (including phenoxy) is 1. The third-order valence-electron chi connectivity index (χ3n) is 4.30. The van der Waals surface area contributed by atoms with E-state index in [0.29, 0.717) is 0 Å². The van der Waals surface area contributed by atoms with Crippen LogP contribution in [0.25, 0.3) is 0 Å². The van der Waals surface area contributed by atoms with Gasteiger partial charge in [0.05, 0.1) is 19.8 Å². The summed E-state index contributed by atoms with van der Waals surface area (Å²) < 4.78 is 5.44. The second-order valence-electron chi connectivity index (χ2n) is 6.02. The zero-order valence-corrected chi connectivity index (χ0v) is 18.3. The van der Waals surface area contributed by atoms with Crippen LogP contribution >= 0.6 is 35.3 Å². The van der Waals surface area contributed by atoms with Crippen molar-refractivity contribution in [3.63, 3.8) is 0 Å². The molecule has 0 amide bonds. The van der Waals surface area contributed by atoms with Crippen molar-refractivity contribution in [2.45, 2.75) is 19.6 Å². The lowest BCUT2D eigenvalue weighted by molar-refractivity contribution is 0.0341. The van der Waals surface area contributed by atoms with Gasteiger partial charge in [-0.1, -0.05) is 30.3 Å². The Balaban J connectivity index is 0.00000243. The van der Waals surface area contributed by atoms with Gasteiger partial charge in [0.25, 0.3) is 0 Å². The van der Waals surface area contributed by atoms with E-state index in [1.54, 1.807) is 11.3 Å². The molecule has 2 N–H and O–H groups in total. The van der Waals surface area contributed by atoms with Crippen LogP contribution in [0.1, 0.15) is 16.0 Å². The molecule has 0 spiro atoms. The first kappa shape index (κ1) is 21.1. The number of guanidine groups is 1. The molecular formula is C19H27IN4OS. The molecule has 5 nitrogen and oxygen atoms in total. The van der Waals surface area contributed by atoms with Gasteiger partial charge in [-0.3, -0.25) is 9.89 Å². The highest BCUT2D eigenvalue weighted by Gasteiger charge is 2.12. The molecule has 26 heavy (non-hydrogen) atoms. The number of benzene rings is 1. The minimum absolute atomic E-state index is 0. The molecule has 142 valence electrons. The van der Waals surface area contributed by atoms with Crippen LogP contribution in [-0.4, -0.2) is 44.2 Å². The van der Waals surface area contributed by atoms with Crippen molar-refractivity contribution in [2.75, 3.05) is 33.4 Å². The highest BCUT2D eigenvalue weighted by Crippen LogP contribution is 2.13. The van der Waals surface area contributed by atoms with E-state index in [4.69, 9.17) is 4.74 Å². The molecule has 3 rings (SSSR count). The van der Waals surface area contributed by atoms with Crippen molar-refractivity contribution >= 4 is 41.3 Å². The number of hydrogen-bond acceptors (Lipinski definition) is 4. The average molecular weight is 486 g/mol. The Bertz CT molecular complexity index is 672. The standard InChI is InChI=1S/C19H26N4OS.HI/c1-20-19(22-14-18-7-4-12-25-18)21-13-16-5-2-3-6-17(16)15-23-8-10-24-11-9-23;/h2-7,12H,8-11,13-15H2,1H3,(H2,20,21,22);1H. The summed E-state index contributed by atoms with van der Waals surface area (Å²) in [7, 11) is 1.81. The van der Waals surface area contributed by atoms with E-state index in [1.165, 1.54) is 16.0 Å². The van der Waals surface area contributed by atoms with Gasteiger partial charge < -0.3 is 15.4 Å². The summed E-state index contributed by atoms with van der Waals surface area (Å²) in [5, 5.41) is 8.88. The zero-order chi connectivity index (χ0) is 17.3. The molecular weight excluding hydrogens is 459 g/mol. The molecule has 0 saturated carbocycles. The maximum atomic E-state index is 5.44. The first-order chi connectivity index (χ1) is 12.3. The zero-order valence-electron chi connectivity index (χ0n) is 15.1. The van der Waals surface area contributed by atoms with Crippen LogP contribution in [0.4, 0.5) is 0 Å². The predicted molar refractivity (Wildman–Crippen MR) is 119 cm³/mol. The van der Waals surface area contributed by atoms with Gasteiger partial charge in [0.1, 0.15) is 0 Å². The first-order valence-electron chi connectivity index (χ1n) is 8.69. The fourth-order valence-electron chi connectivity index (χ4n) is 2.87. The Morgan fingerprint density at radius 1 is 1.08 bits per heavy atom. The third kappa shape index (κ3) is 6.53. The Kier molecular flexibility index (Phi) is 9.38. The van der Waals surface area contributed by atoms with Gasteiger partial charge in [-0.05, 0) is 22.6 Å². The molecule has 0 atom stereocenters. The largest absolute Gasteiger partial charge is 0.379 e.